The molecular weight excluding hydrogens is 476 g/mol. The van der Waals surface area contributed by atoms with E-state index in [0.29, 0.717) is 10.7 Å². The first kappa shape index (κ1) is 22.2. The fraction of sp³-hybridized carbons (Fsp3) is 0.429. The predicted molar refractivity (Wildman–Crippen MR) is 116 cm³/mol. The summed E-state index contributed by atoms with van der Waals surface area (Å²) in [6.45, 7) is 4.86. The number of rotatable bonds is 10. The summed E-state index contributed by atoms with van der Waals surface area (Å²) in [6, 6.07) is 15.9. The molecule has 0 saturated heterocycles. The lowest BCUT2D eigenvalue weighted by molar-refractivity contribution is 0.127. The average molecular weight is 502 g/mol. The Kier molecular flexibility index (Phi) is 8.61. The molecule has 0 aliphatic heterocycles. The van der Waals surface area contributed by atoms with E-state index in [9.17, 15) is 10.2 Å². The van der Waals surface area contributed by atoms with Crippen LogP contribution in [0.15, 0.2) is 48.5 Å². The van der Waals surface area contributed by atoms with Gasteiger partial charge in [0, 0.05) is 16.1 Å². The van der Waals surface area contributed by atoms with Crippen LogP contribution in [0.3, 0.4) is 0 Å². The van der Waals surface area contributed by atoms with Gasteiger partial charge in [-0.15, -0.1) is 0 Å². The molecule has 6 heteroatoms. The summed E-state index contributed by atoms with van der Waals surface area (Å²) in [5.41, 5.74) is 2.15. The fourth-order valence-electron chi connectivity index (χ4n) is 2.58. The Hall–Kier alpha value is -1.08. The molecular formula is C21H26Br2O4. The minimum Gasteiger partial charge on any atom is -0.491 e. The molecule has 148 valence electrons. The molecule has 27 heavy (non-hydrogen) atoms. The third kappa shape index (κ3) is 6.49. The van der Waals surface area contributed by atoms with Crippen LogP contribution in [0.1, 0.15) is 25.0 Å². The van der Waals surface area contributed by atoms with Crippen LogP contribution in [0, 0.1) is 0 Å². The maximum Gasteiger partial charge on any atom is 0.119 e. The lowest BCUT2D eigenvalue weighted by atomic mass is 9.78. The van der Waals surface area contributed by atoms with Crippen LogP contribution in [0.4, 0.5) is 0 Å². The molecule has 2 aromatic rings. The molecule has 2 rings (SSSR count). The smallest absolute Gasteiger partial charge is 0.119 e. The van der Waals surface area contributed by atoms with Crippen molar-refractivity contribution in [3.8, 4) is 11.5 Å². The van der Waals surface area contributed by atoms with Crippen molar-refractivity contribution in [1.29, 1.82) is 0 Å². The molecule has 0 aliphatic carbocycles. The lowest BCUT2D eigenvalue weighted by Crippen LogP contribution is -2.20. The molecule has 0 bridgehead atoms. The molecule has 0 spiro atoms. The summed E-state index contributed by atoms with van der Waals surface area (Å²) in [6.07, 6.45) is -1.03. The van der Waals surface area contributed by atoms with Crippen molar-refractivity contribution in [2.45, 2.75) is 31.5 Å². The normalized spacial score (nSPS) is 13.9. The van der Waals surface area contributed by atoms with Gasteiger partial charge < -0.3 is 19.7 Å². The first-order valence-electron chi connectivity index (χ1n) is 8.81. The standard InChI is InChI=1S/C21H26Br2O4/c1-21(2,15-3-7-19(8-4-15)26-13-17(24)11-22)16-5-9-20(10-6-16)27-14-18(25)12-23/h3-10,17-18,24-25H,11-14H2,1-2H3/t17-,18+. The summed E-state index contributed by atoms with van der Waals surface area (Å²) >= 11 is 6.45. The zero-order valence-electron chi connectivity index (χ0n) is 15.6. The number of aliphatic hydroxyl groups is 2. The second-order valence-corrected chi connectivity index (χ2v) is 8.21. The highest BCUT2D eigenvalue weighted by molar-refractivity contribution is 9.09. The highest BCUT2D eigenvalue weighted by Gasteiger charge is 2.23. The first-order chi connectivity index (χ1) is 12.9. The van der Waals surface area contributed by atoms with Crippen molar-refractivity contribution < 1.29 is 19.7 Å². The van der Waals surface area contributed by atoms with Crippen LogP contribution in [-0.2, 0) is 5.41 Å². The summed E-state index contributed by atoms with van der Waals surface area (Å²) in [7, 11) is 0. The van der Waals surface area contributed by atoms with Gasteiger partial charge in [-0.1, -0.05) is 70.0 Å². The quantitative estimate of drug-likeness (QED) is 0.477. The molecule has 0 fully saturated rings. The average Bonchev–Trinajstić information content (AvgIpc) is 2.70. The molecule has 2 atom stereocenters. The Labute approximate surface area is 177 Å². The van der Waals surface area contributed by atoms with Gasteiger partial charge in [-0.2, -0.15) is 0 Å². The summed E-state index contributed by atoms with van der Waals surface area (Å²) in [4.78, 5) is 0. The van der Waals surface area contributed by atoms with Crippen molar-refractivity contribution >= 4 is 31.9 Å². The molecule has 0 aliphatic rings. The van der Waals surface area contributed by atoms with Gasteiger partial charge in [0.1, 0.15) is 24.7 Å². The minimum absolute atomic E-state index is 0.179. The van der Waals surface area contributed by atoms with Crippen molar-refractivity contribution in [2.24, 2.45) is 0 Å². The molecule has 0 unspecified atom stereocenters. The van der Waals surface area contributed by atoms with Crippen LogP contribution < -0.4 is 9.47 Å². The van der Waals surface area contributed by atoms with Crippen molar-refractivity contribution in [2.75, 3.05) is 23.9 Å². The largest absolute Gasteiger partial charge is 0.491 e. The molecule has 0 heterocycles. The number of benzene rings is 2. The van der Waals surface area contributed by atoms with Crippen LogP contribution in [0.2, 0.25) is 0 Å². The van der Waals surface area contributed by atoms with E-state index in [1.165, 1.54) is 11.1 Å². The Morgan fingerprint density at radius 3 is 1.37 bits per heavy atom. The lowest BCUT2D eigenvalue weighted by Gasteiger charge is -2.26. The fourth-order valence-corrected chi connectivity index (χ4v) is 2.95. The Bertz CT molecular complexity index is 627. The Morgan fingerprint density at radius 1 is 0.741 bits per heavy atom. The highest BCUT2D eigenvalue weighted by Crippen LogP contribution is 2.33. The SMILES string of the molecule is CC(C)(c1ccc(OC[C@H](O)CBr)cc1)c1ccc(OC[C@@H](O)CBr)cc1. The third-order valence-corrected chi connectivity index (χ3v) is 5.89. The first-order valence-corrected chi connectivity index (χ1v) is 11.1. The van der Waals surface area contributed by atoms with Gasteiger partial charge in [0.2, 0.25) is 0 Å². The molecule has 4 nitrogen and oxygen atoms in total. The van der Waals surface area contributed by atoms with E-state index in [1.807, 2.05) is 48.5 Å². The van der Waals surface area contributed by atoms with Crippen molar-refractivity contribution in [3.63, 3.8) is 0 Å². The number of halogens is 2. The second-order valence-electron chi connectivity index (χ2n) is 6.91. The van der Waals surface area contributed by atoms with Gasteiger partial charge in [-0.05, 0) is 35.4 Å². The van der Waals surface area contributed by atoms with E-state index in [-0.39, 0.29) is 18.6 Å². The number of alkyl halides is 2. The monoisotopic (exact) mass is 500 g/mol. The number of hydrogen-bond acceptors (Lipinski definition) is 4. The Morgan fingerprint density at radius 2 is 1.07 bits per heavy atom. The van der Waals surface area contributed by atoms with E-state index >= 15 is 0 Å². The molecule has 2 aromatic carbocycles. The summed E-state index contributed by atoms with van der Waals surface area (Å²) in [5, 5.41) is 20.1. The topological polar surface area (TPSA) is 58.9 Å². The van der Waals surface area contributed by atoms with E-state index < -0.39 is 12.2 Å². The summed E-state index contributed by atoms with van der Waals surface area (Å²) < 4.78 is 11.2. The van der Waals surface area contributed by atoms with Crippen molar-refractivity contribution in [1.82, 2.24) is 0 Å². The van der Waals surface area contributed by atoms with E-state index in [4.69, 9.17) is 9.47 Å². The molecule has 2 N–H and O–H groups in total. The molecule has 0 amide bonds. The Balaban J connectivity index is 2.04. The maximum atomic E-state index is 9.56. The van der Waals surface area contributed by atoms with Gasteiger partial charge in [-0.3, -0.25) is 0 Å². The van der Waals surface area contributed by atoms with Gasteiger partial charge in [0.05, 0.1) is 12.2 Å². The van der Waals surface area contributed by atoms with Gasteiger partial charge in [0.15, 0.2) is 0 Å². The van der Waals surface area contributed by atoms with Crippen LogP contribution in [0.25, 0.3) is 0 Å². The molecule has 0 aromatic heterocycles. The van der Waals surface area contributed by atoms with Gasteiger partial charge >= 0.3 is 0 Å². The van der Waals surface area contributed by atoms with Crippen LogP contribution in [0.5, 0.6) is 11.5 Å². The zero-order valence-corrected chi connectivity index (χ0v) is 18.7. The molecule has 0 radical (unpaired) electrons. The maximum absolute atomic E-state index is 9.56. The highest BCUT2D eigenvalue weighted by atomic mass is 79.9. The minimum atomic E-state index is -0.516. The van der Waals surface area contributed by atoms with Gasteiger partial charge in [-0.25, -0.2) is 0 Å². The van der Waals surface area contributed by atoms with E-state index in [2.05, 4.69) is 45.7 Å². The van der Waals surface area contributed by atoms with Crippen LogP contribution in [-0.4, -0.2) is 46.3 Å². The number of hydrogen-bond donors (Lipinski definition) is 2. The molecule has 0 saturated carbocycles. The van der Waals surface area contributed by atoms with Crippen molar-refractivity contribution in [3.05, 3.63) is 59.7 Å². The summed E-state index contributed by atoms with van der Waals surface area (Å²) in [5.74, 6) is 1.48. The van der Waals surface area contributed by atoms with Gasteiger partial charge in [0.25, 0.3) is 0 Å². The zero-order chi connectivity index (χ0) is 19.9. The third-order valence-electron chi connectivity index (χ3n) is 4.39. The number of aliphatic hydroxyl groups excluding tert-OH is 2. The van der Waals surface area contributed by atoms with E-state index in [1.54, 1.807) is 0 Å². The second kappa shape index (κ2) is 10.5. The predicted octanol–water partition coefficient (Wildman–Crippen LogP) is 4.28. The van der Waals surface area contributed by atoms with E-state index in [0.717, 1.165) is 11.5 Å². The van der Waals surface area contributed by atoms with Crippen LogP contribution >= 0.6 is 31.9 Å². The number of ether oxygens (including phenoxy) is 2.